The van der Waals surface area contributed by atoms with E-state index in [1.54, 1.807) is 0 Å². The second-order valence-corrected chi connectivity index (χ2v) is 4.12. The highest BCUT2D eigenvalue weighted by molar-refractivity contribution is 5.72. The van der Waals surface area contributed by atoms with E-state index in [1.165, 1.54) is 7.11 Å². The molecule has 0 radical (unpaired) electrons. The van der Waals surface area contributed by atoms with Crippen molar-refractivity contribution < 1.29 is 27.8 Å². The van der Waals surface area contributed by atoms with Crippen LogP contribution in [0.5, 0.6) is 0 Å². The molecule has 94 valence electrons. The predicted molar refractivity (Wildman–Crippen MR) is 49.5 cm³/mol. The van der Waals surface area contributed by atoms with Crippen molar-refractivity contribution in [2.24, 2.45) is 11.8 Å². The minimum Gasteiger partial charge on any atom is -0.469 e. The van der Waals surface area contributed by atoms with Crippen molar-refractivity contribution in [2.75, 3.05) is 7.11 Å². The van der Waals surface area contributed by atoms with Gasteiger partial charge in [-0.15, -0.1) is 0 Å². The van der Waals surface area contributed by atoms with E-state index >= 15 is 0 Å². The van der Waals surface area contributed by atoms with E-state index in [4.69, 9.17) is 5.11 Å². The second-order valence-electron chi connectivity index (χ2n) is 4.12. The van der Waals surface area contributed by atoms with E-state index in [2.05, 4.69) is 4.74 Å². The van der Waals surface area contributed by atoms with Crippen LogP contribution in [0.25, 0.3) is 0 Å². The monoisotopic (exact) mass is 240 g/mol. The summed E-state index contributed by atoms with van der Waals surface area (Å²) in [5, 5.41) is 9.05. The SMILES string of the molecule is COC(=O)C1CCC(C(O)C(F)(F)F)CC1. The van der Waals surface area contributed by atoms with Crippen LogP contribution in [-0.2, 0) is 9.53 Å². The fourth-order valence-corrected chi connectivity index (χ4v) is 2.10. The van der Waals surface area contributed by atoms with Crippen LogP contribution >= 0.6 is 0 Å². The first-order valence-electron chi connectivity index (χ1n) is 5.19. The van der Waals surface area contributed by atoms with Gasteiger partial charge in [0.25, 0.3) is 0 Å². The van der Waals surface area contributed by atoms with Crippen LogP contribution in [0, 0.1) is 11.8 Å². The molecule has 0 bridgehead atoms. The lowest BCUT2D eigenvalue weighted by atomic mass is 9.79. The summed E-state index contributed by atoms with van der Waals surface area (Å²) in [6.07, 6.45) is -5.72. The molecule has 3 nitrogen and oxygen atoms in total. The second kappa shape index (κ2) is 5.03. The summed E-state index contributed by atoms with van der Waals surface area (Å²) in [5.74, 6) is -1.48. The lowest BCUT2D eigenvalue weighted by Crippen LogP contribution is -2.38. The highest BCUT2D eigenvalue weighted by Crippen LogP contribution is 2.36. The highest BCUT2D eigenvalue weighted by Gasteiger charge is 2.44. The van der Waals surface area contributed by atoms with Gasteiger partial charge in [0, 0.05) is 0 Å². The average molecular weight is 240 g/mol. The van der Waals surface area contributed by atoms with Gasteiger partial charge >= 0.3 is 12.1 Å². The number of carbonyl (C=O) groups excluding carboxylic acids is 1. The lowest BCUT2D eigenvalue weighted by molar-refractivity contribution is -0.222. The number of esters is 1. The summed E-state index contributed by atoms with van der Waals surface area (Å²) in [7, 11) is 1.26. The molecule has 1 fully saturated rings. The molecule has 0 saturated heterocycles. The Morgan fingerprint density at radius 3 is 2.19 bits per heavy atom. The summed E-state index contributed by atoms with van der Waals surface area (Å²) < 4.78 is 41.2. The molecule has 1 unspecified atom stereocenters. The quantitative estimate of drug-likeness (QED) is 0.750. The summed E-state index contributed by atoms with van der Waals surface area (Å²) in [6.45, 7) is 0. The van der Waals surface area contributed by atoms with Gasteiger partial charge in [0.2, 0.25) is 0 Å². The van der Waals surface area contributed by atoms with E-state index in [1.807, 2.05) is 0 Å². The molecule has 0 aromatic rings. The Labute approximate surface area is 91.6 Å². The van der Waals surface area contributed by atoms with Crippen LogP contribution in [0.1, 0.15) is 25.7 Å². The number of methoxy groups -OCH3 is 1. The molecule has 0 aromatic heterocycles. The molecule has 1 atom stereocenters. The van der Waals surface area contributed by atoms with Gasteiger partial charge in [-0.05, 0) is 31.6 Å². The first-order valence-corrected chi connectivity index (χ1v) is 5.19. The van der Waals surface area contributed by atoms with Crippen LogP contribution in [-0.4, -0.2) is 30.5 Å². The minimum absolute atomic E-state index is 0.209. The fraction of sp³-hybridized carbons (Fsp3) is 0.900. The molecule has 0 aromatic carbocycles. The van der Waals surface area contributed by atoms with Crippen molar-refractivity contribution in [1.29, 1.82) is 0 Å². The molecule has 0 amide bonds. The van der Waals surface area contributed by atoms with Crippen LogP contribution in [0.15, 0.2) is 0 Å². The van der Waals surface area contributed by atoms with E-state index in [0.29, 0.717) is 12.8 Å². The Kier molecular flexibility index (Phi) is 4.18. The number of ether oxygens (including phenoxy) is 1. The van der Waals surface area contributed by atoms with Crippen molar-refractivity contribution in [1.82, 2.24) is 0 Å². The maximum absolute atomic E-state index is 12.2. The number of carbonyl (C=O) groups is 1. The van der Waals surface area contributed by atoms with E-state index in [9.17, 15) is 18.0 Å². The molecule has 1 N–H and O–H groups in total. The molecule has 0 heterocycles. The van der Waals surface area contributed by atoms with E-state index in [0.717, 1.165) is 0 Å². The van der Waals surface area contributed by atoms with Gasteiger partial charge in [-0.2, -0.15) is 13.2 Å². The Balaban J connectivity index is 2.46. The molecule has 6 heteroatoms. The van der Waals surface area contributed by atoms with E-state index in [-0.39, 0.29) is 24.7 Å². The van der Waals surface area contributed by atoms with Gasteiger partial charge in [0.1, 0.15) is 0 Å². The Morgan fingerprint density at radius 2 is 1.81 bits per heavy atom. The predicted octanol–water partition coefficient (Wildman–Crippen LogP) is 1.89. The summed E-state index contributed by atoms with van der Waals surface area (Å²) >= 11 is 0. The Hall–Kier alpha value is -0.780. The molecule has 0 spiro atoms. The zero-order chi connectivity index (χ0) is 12.3. The van der Waals surface area contributed by atoms with Gasteiger partial charge in [-0.25, -0.2) is 0 Å². The number of rotatable bonds is 2. The molecule has 1 aliphatic carbocycles. The number of aliphatic hydroxyl groups is 1. The lowest BCUT2D eigenvalue weighted by Gasteiger charge is -2.31. The average Bonchev–Trinajstić information content (AvgIpc) is 2.26. The van der Waals surface area contributed by atoms with Gasteiger partial charge < -0.3 is 9.84 Å². The van der Waals surface area contributed by atoms with Crippen molar-refractivity contribution in [3.8, 4) is 0 Å². The fourth-order valence-electron chi connectivity index (χ4n) is 2.10. The molecular weight excluding hydrogens is 225 g/mol. The molecule has 1 saturated carbocycles. The zero-order valence-corrected chi connectivity index (χ0v) is 8.96. The van der Waals surface area contributed by atoms with Gasteiger partial charge in [0.15, 0.2) is 6.10 Å². The van der Waals surface area contributed by atoms with Gasteiger partial charge in [-0.1, -0.05) is 0 Å². The highest BCUT2D eigenvalue weighted by atomic mass is 19.4. The Bertz CT molecular complexity index is 244. The first kappa shape index (κ1) is 13.3. The molecule has 1 aliphatic rings. The number of hydrogen-bond donors (Lipinski definition) is 1. The maximum Gasteiger partial charge on any atom is 0.414 e. The molecule has 1 rings (SSSR count). The molecule has 16 heavy (non-hydrogen) atoms. The van der Waals surface area contributed by atoms with Crippen LogP contribution in [0.2, 0.25) is 0 Å². The third-order valence-electron chi connectivity index (χ3n) is 3.09. The van der Waals surface area contributed by atoms with Crippen LogP contribution in [0.4, 0.5) is 13.2 Å². The van der Waals surface area contributed by atoms with Crippen molar-refractivity contribution in [3.63, 3.8) is 0 Å². The van der Waals surface area contributed by atoms with Gasteiger partial charge in [-0.3, -0.25) is 4.79 Å². The number of alkyl halides is 3. The van der Waals surface area contributed by atoms with Crippen LogP contribution in [0.3, 0.4) is 0 Å². The third kappa shape index (κ3) is 3.10. The maximum atomic E-state index is 12.2. The number of halogens is 3. The van der Waals surface area contributed by atoms with Crippen molar-refractivity contribution in [3.05, 3.63) is 0 Å². The largest absolute Gasteiger partial charge is 0.469 e. The Morgan fingerprint density at radius 1 is 1.31 bits per heavy atom. The molecular formula is C10H15F3O3. The van der Waals surface area contributed by atoms with Gasteiger partial charge in [0.05, 0.1) is 13.0 Å². The topological polar surface area (TPSA) is 46.5 Å². The molecule has 0 aliphatic heterocycles. The zero-order valence-electron chi connectivity index (χ0n) is 8.96. The standard InChI is InChI=1S/C10H15F3O3/c1-16-9(15)7-4-2-6(3-5-7)8(14)10(11,12)13/h6-8,14H,2-5H2,1H3. The smallest absolute Gasteiger partial charge is 0.414 e. The van der Waals surface area contributed by atoms with Crippen LogP contribution < -0.4 is 0 Å². The number of aliphatic hydroxyl groups excluding tert-OH is 1. The third-order valence-corrected chi connectivity index (χ3v) is 3.09. The first-order chi connectivity index (χ1) is 7.36. The summed E-state index contributed by atoms with van der Waals surface area (Å²) in [5.41, 5.74) is 0. The normalized spacial score (nSPS) is 28.6. The van der Waals surface area contributed by atoms with E-state index < -0.39 is 18.2 Å². The number of hydrogen-bond acceptors (Lipinski definition) is 3. The summed E-state index contributed by atoms with van der Waals surface area (Å²) in [4.78, 5) is 11.1. The van der Waals surface area contributed by atoms with Crippen molar-refractivity contribution in [2.45, 2.75) is 38.0 Å². The summed E-state index contributed by atoms with van der Waals surface area (Å²) in [6, 6.07) is 0. The van der Waals surface area contributed by atoms with Crippen molar-refractivity contribution >= 4 is 5.97 Å². The minimum atomic E-state index is -4.57.